The van der Waals surface area contributed by atoms with Crippen LogP contribution in [0, 0.1) is 5.41 Å². The van der Waals surface area contributed by atoms with E-state index in [9.17, 15) is 13.5 Å². The van der Waals surface area contributed by atoms with E-state index in [4.69, 9.17) is 0 Å². The summed E-state index contributed by atoms with van der Waals surface area (Å²) in [5, 5.41) is 9.47. The summed E-state index contributed by atoms with van der Waals surface area (Å²) < 4.78 is 26.2. The van der Waals surface area contributed by atoms with Gasteiger partial charge in [0.1, 0.15) is 10.6 Å². The molecule has 16 heavy (non-hydrogen) atoms. The predicted molar refractivity (Wildman–Crippen MR) is 60.6 cm³/mol. The number of para-hydroxylation sites is 1. The summed E-state index contributed by atoms with van der Waals surface area (Å²) in [6.07, 6.45) is 2.10. The highest BCUT2D eigenvalue weighted by atomic mass is 32.2. The summed E-state index contributed by atoms with van der Waals surface area (Å²) >= 11 is 0. The van der Waals surface area contributed by atoms with E-state index in [1.54, 1.807) is 12.1 Å². The largest absolute Gasteiger partial charge is 0.507 e. The summed E-state index contributed by atoms with van der Waals surface area (Å²) in [6, 6.07) is 5.95. The molecule has 0 atom stereocenters. The van der Waals surface area contributed by atoms with Gasteiger partial charge in [0.2, 0.25) is 10.0 Å². The first-order chi connectivity index (χ1) is 7.43. The smallest absolute Gasteiger partial charge is 0.244 e. The molecule has 1 aliphatic carbocycles. The van der Waals surface area contributed by atoms with Gasteiger partial charge in [-0.25, -0.2) is 13.1 Å². The number of rotatable bonds is 4. The molecule has 0 unspecified atom stereocenters. The maximum absolute atomic E-state index is 11.9. The van der Waals surface area contributed by atoms with Gasteiger partial charge in [0, 0.05) is 6.54 Å². The second-order valence-corrected chi connectivity index (χ2v) is 6.34. The van der Waals surface area contributed by atoms with Crippen LogP contribution < -0.4 is 4.72 Å². The first-order valence-electron chi connectivity index (χ1n) is 5.21. The molecule has 1 fully saturated rings. The quantitative estimate of drug-likeness (QED) is 0.839. The van der Waals surface area contributed by atoms with Crippen molar-refractivity contribution in [3.63, 3.8) is 0 Å². The lowest BCUT2D eigenvalue weighted by molar-refractivity contribution is 0.456. The van der Waals surface area contributed by atoms with Crippen molar-refractivity contribution < 1.29 is 13.5 Å². The van der Waals surface area contributed by atoms with Gasteiger partial charge in [-0.1, -0.05) is 19.1 Å². The lowest BCUT2D eigenvalue weighted by Crippen LogP contribution is -2.29. The van der Waals surface area contributed by atoms with Crippen LogP contribution in [0.2, 0.25) is 0 Å². The molecule has 0 aliphatic heterocycles. The van der Waals surface area contributed by atoms with Crippen molar-refractivity contribution in [2.24, 2.45) is 5.41 Å². The third-order valence-electron chi connectivity index (χ3n) is 2.95. The lowest BCUT2D eigenvalue weighted by Gasteiger charge is -2.11. The maximum Gasteiger partial charge on any atom is 0.244 e. The summed E-state index contributed by atoms with van der Waals surface area (Å²) in [5.74, 6) is -0.212. The van der Waals surface area contributed by atoms with Gasteiger partial charge in [-0.2, -0.15) is 0 Å². The minimum Gasteiger partial charge on any atom is -0.507 e. The fourth-order valence-electron chi connectivity index (χ4n) is 1.42. The van der Waals surface area contributed by atoms with E-state index >= 15 is 0 Å². The van der Waals surface area contributed by atoms with Crippen LogP contribution in [-0.2, 0) is 10.0 Å². The fraction of sp³-hybridized carbons (Fsp3) is 0.455. The highest BCUT2D eigenvalue weighted by molar-refractivity contribution is 7.89. The molecule has 1 aromatic rings. The van der Waals surface area contributed by atoms with Gasteiger partial charge in [-0.05, 0) is 30.4 Å². The number of phenols is 1. The molecule has 1 saturated carbocycles. The Kier molecular flexibility index (Phi) is 2.67. The molecule has 0 saturated heterocycles. The third-order valence-corrected chi connectivity index (χ3v) is 4.40. The van der Waals surface area contributed by atoms with Gasteiger partial charge in [-0.3, -0.25) is 0 Å². The van der Waals surface area contributed by atoms with Crippen LogP contribution in [0.25, 0.3) is 0 Å². The molecule has 1 aromatic carbocycles. The number of benzene rings is 1. The first-order valence-corrected chi connectivity index (χ1v) is 6.69. The summed E-state index contributed by atoms with van der Waals surface area (Å²) in [6.45, 7) is 2.48. The molecule has 5 heteroatoms. The van der Waals surface area contributed by atoms with Crippen molar-refractivity contribution in [3.8, 4) is 5.75 Å². The molecule has 2 N–H and O–H groups in total. The van der Waals surface area contributed by atoms with Gasteiger partial charge >= 0.3 is 0 Å². The second kappa shape index (κ2) is 3.75. The molecule has 4 nitrogen and oxygen atoms in total. The Morgan fingerprint density at radius 1 is 1.38 bits per heavy atom. The monoisotopic (exact) mass is 241 g/mol. The first kappa shape index (κ1) is 11.4. The van der Waals surface area contributed by atoms with E-state index in [0.29, 0.717) is 6.54 Å². The topological polar surface area (TPSA) is 66.4 Å². The van der Waals surface area contributed by atoms with Crippen LogP contribution in [0.15, 0.2) is 29.2 Å². The molecule has 1 aliphatic rings. The van der Waals surface area contributed by atoms with Crippen LogP contribution in [0.4, 0.5) is 0 Å². The van der Waals surface area contributed by atoms with E-state index in [1.165, 1.54) is 12.1 Å². The van der Waals surface area contributed by atoms with E-state index in [-0.39, 0.29) is 16.1 Å². The average Bonchev–Trinajstić information content (AvgIpc) is 2.95. The van der Waals surface area contributed by atoms with Crippen molar-refractivity contribution in [1.29, 1.82) is 0 Å². The SMILES string of the molecule is CC1(CNS(=O)(=O)c2ccccc2O)CC1. The standard InChI is InChI=1S/C11H15NO3S/c1-11(6-7-11)8-12-16(14,15)10-5-3-2-4-9(10)13/h2-5,12-13H,6-8H2,1H3. The van der Waals surface area contributed by atoms with E-state index in [2.05, 4.69) is 4.72 Å². The van der Waals surface area contributed by atoms with Crippen LogP contribution in [-0.4, -0.2) is 20.1 Å². The van der Waals surface area contributed by atoms with Gasteiger partial charge in [0.05, 0.1) is 0 Å². The number of nitrogens with one attached hydrogen (secondary N) is 1. The van der Waals surface area contributed by atoms with Crippen molar-refractivity contribution in [2.75, 3.05) is 6.54 Å². The molecule has 0 radical (unpaired) electrons. The molecule has 0 spiro atoms. The maximum atomic E-state index is 11.9. The lowest BCUT2D eigenvalue weighted by atomic mass is 10.2. The Morgan fingerprint density at radius 2 is 2.00 bits per heavy atom. The summed E-state index contributed by atoms with van der Waals surface area (Å²) in [7, 11) is -3.58. The summed E-state index contributed by atoms with van der Waals surface area (Å²) in [5.41, 5.74) is 0.109. The Hall–Kier alpha value is -1.07. The predicted octanol–water partition coefficient (Wildman–Crippen LogP) is 1.47. The molecule has 0 heterocycles. The number of hydrogen-bond acceptors (Lipinski definition) is 3. The molecule has 88 valence electrons. The zero-order chi connectivity index (χ0) is 11.8. The molecule has 0 amide bonds. The molecule has 0 aromatic heterocycles. The van der Waals surface area contributed by atoms with Crippen LogP contribution in [0.1, 0.15) is 19.8 Å². The minimum absolute atomic E-state index is 0.0562. The average molecular weight is 241 g/mol. The van der Waals surface area contributed by atoms with Gasteiger partial charge in [0.15, 0.2) is 0 Å². The van der Waals surface area contributed by atoms with Crippen molar-refractivity contribution in [3.05, 3.63) is 24.3 Å². The summed E-state index contributed by atoms with van der Waals surface area (Å²) in [4.78, 5) is -0.0562. The Morgan fingerprint density at radius 3 is 2.56 bits per heavy atom. The molecular weight excluding hydrogens is 226 g/mol. The van der Waals surface area contributed by atoms with Crippen molar-refractivity contribution in [2.45, 2.75) is 24.7 Å². The number of sulfonamides is 1. The second-order valence-electron chi connectivity index (χ2n) is 4.60. The van der Waals surface area contributed by atoms with E-state index in [1.807, 2.05) is 6.92 Å². The molecule has 2 rings (SSSR count). The Labute approximate surface area is 95.4 Å². The van der Waals surface area contributed by atoms with Gasteiger partial charge in [-0.15, -0.1) is 0 Å². The Balaban J connectivity index is 2.16. The highest BCUT2D eigenvalue weighted by Gasteiger charge is 2.38. The zero-order valence-corrected chi connectivity index (χ0v) is 9.92. The van der Waals surface area contributed by atoms with Crippen molar-refractivity contribution >= 4 is 10.0 Å². The number of aromatic hydroxyl groups is 1. The van der Waals surface area contributed by atoms with E-state index < -0.39 is 10.0 Å². The van der Waals surface area contributed by atoms with Gasteiger partial charge < -0.3 is 5.11 Å². The Bertz CT molecular complexity index is 492. The third kappa shape index (κ3) is 2.36. The zero-order valence-electron chi connectivity index (χ0n) is 9.10. The number of phenolic OH excluding ortho intramolecular Hbond substituents is 1. The van der Waals surface area contributed by atoms with Crippen molar-refractivity contribution in [1.82, 2.24) is 4.72 Å². The van der Waals surface area contributed by atoms with Gasteiger partial charge in [0.25, 0.3) is 0 Å². The number of hydrogen-bond donors (Lipinski definition) is 2. The highest BCUT2D eigenvalue weighted by Crippen LogP contribution is 2.44. The van der Waals surface area contributed by atoms with Crippen LogP contribution in [0.3, 0.4) is 0 Å². The minimum atomic E-state index is -3.58. The molecule has 0 bridgehead atoms. The van der Waals surface area contributed by atoms with Crippen LogP contribution in [0.5, 0.6) is 5.75 Å². The normalized spacial score (nSPS) is 18.3. The fourth-order valence-corrected chi connectivity index (χ4v) is 2.72. The molecular formula is C11H15NO3S. The van der Waals surface area contributed by atoms with Crippen LogP contribution >= 0.6 is 0 Å². The van der Waals surface area contributed by atoms with E-state index in [0.717, 1.165) is 12.8 Å².